The number of carbonyl (C=O) groups is 1. The van der Waals surface area contributed by atoms with Gasteiger partial charge in [-0.05, 0) is 48.5 Å². The summed E-state index contributed by atoms with van der Waals surface area (Å²) >= 11 is 0. The van der Waals surface area contributed by atoms with Gasteiger partial charge in [-0.15, -0.1) is 0 Å². The first-order valence-corrected chi connectivity index (χ1v) is 11.3. The molecule has 0 radical (unpaired) electrons. The molecule has 5 rings (SSSR count). The number of carbonyl (C=O) groups excluding carboxylic acids is 1. The van der Waals surface area contributed by atoms with Crippen molar-refractivity contribution >= 4 is 22.6 Å². The number of pyridine rings is 2. The number of amides is 1. The summed E-state index contributed by atoms with van der Waals surface area (Å²) in [5, 5.41) is 7.95. The number of halogens is 1. The Morgan fingerprint density at radius 2 is 1.73 bits per heavy atom. The molecule has 1 N–H and O–H groups in total. The van der Waals surface area contributed by atoms with Crippen LogP contribution in [0.3, 0.4) is 0 Å². The van der Waals surface area contributed by atoms with Crippen molar-refractivity contribution in [2.45, 2.75) is 6.54 Å². The number of hydrogen-bond acceptors (Lipinski definition) is 7. The molecule has 9 nitrogen and oxygen atoms in total. The minimum Gasteiger partial charge on any atom is -0.497 e. The lowest BCUT2D eigenvalue weighted by Gasteiger charge is -2.11. The van der Waals surface area contributed by atoms with E-state index in [1.165, 1.54) is 36.7 Å². The highest BCUT2D eigenvalue weighted by Crippen LogP contribution is 2.26. The molecule has 0 aliphatic carbocycles. The maximum Gasteiger partial charge on any atom is 0.257 e. The molecule has 0 aliphatic rings. The molecule has 2 aromatic carbocycles. The van der Waals surface area contributed by atoms with E-state index in [2.05, 4.69) is 20.4 Å². The predicted octanol–water partition coefficient (Wildman–Crippen LogP) is 5.08. The molecule has 10 heteroatoms. The minimum absolute atomic E-state index is 0.314. The quantitative estimate of drug-likeness (QED) is 0.318. The summed E-state index contributed by atoms with van der Waals surface area (Å²) in [7, 11) is 3.20. The van der Waals surface area contributed by atoms with Crippen LogP contribution in [-0.4, -0.2) is 39.9 Å². The number of fused-ring (bicyclic) bond motifs is 1. The van der Waals surface area contributed by atoms with Gasteiger partial charge in [0.1, 0.15) is 23.1 Å². The molecule has 0 saturated carbocycles. The number of rotatable bonds is 8. The Morgan fingerprint density at radius 3 is 2.46 bits per heavy atom. The Morgan fingerprint density at radius 1 is 0.919 bits per heavy atom. The summed E-state index contributed by atoms with van der Waals surface area (Å²) in [4.78, 5) is 21.5. The van der Waals surface area contributed by atoms with Crippen molar-refractivity contribution < 1.29 is 23.4 Å². The SMILES string of the molecule is COc1ccc(Cn2ncc3cc(C(=O)Nc4ccc(Oc5ccc(F)cc5)nc4)cnc32)c(OC)c1. The van der Waals surface area contributed by atoms with Crippen LogP contribution < -0.4 is 19.5 Å². The second-order valence-corrected chi connectivity index (χ2v) is 8.01. The van der Waals surface area contributed by atoms with Crippen LogP contribution >= 0.6 is 0 Å². The van der Waals surface area contributed by atoms with Crippen LogP contribution in [0.2, 0.25) is 0 Å². The summed E-state index contributed by atoms with van der Waals surface area (Å²) in [5.74, 6) is 1.46. The van der Waals surface area contributed by atoms with E-state index in [0.29, 0.717) is 46.6 Å². The van der Waals surface area contributed by atoms with E-state index in [-0.39, 0.29) is 11.7 Å². The lowest BCUT2D eigenvalue weighted by Crippen LogP contribution is -2.12. The van der Waals surface area contributed by atoms with Crippen LogP contribution in [0.25, 0.3) is 11.0 Å². The molecule has 0 saturated heterocycles. The van der Waals surface area contributed by atoms with Gasteiger partial charge in [-0.2, -0.15) is 5.10 Å². The molecule has 0 atom stereocenters. The third-order valence-corrected chi connectivity index (χ3v) is 5.58. The average molecular weight is 500 g/mol. The van der Waals surface area contributed by atoms with Crippen molar-refractivity contribution in [2.24, 2.45) is 0 Å². The third kappa shape index (κ3) is 5.32. The minimum atomic E-state index is -0.351. The number of methoxy groups -OCH3 is 2. The lowest BCUT2D eigenvalue weighted by atomic mass is 10.2. The van der Waals surface area contributed by atoms with Crippen LogP contribution in [0.1, 0.15) is 15.9 Å². The van der Waals surface area contributed by atoms with Gasteiger partial charge in [0.15, 0.2) is 5.65 Å². The summed E-state index contributed by atoms with van der Waals surface area (Å²) in [6, 6.07) is 16.2. The second-order valence-electron chi connectivity index (χ2n) is 8.01. The molecule has 186 valence electrons. The summed E-state index contributed by atoms with van der Waals surface area (Å²) in [6.07, 6.45) is 4.64. The average Bonchev–Trinajstić information content (AvgIpc) is 3.33. The Bertz CT molecular complexity index is 1550. The van der Waals surface area contributed by atoms with Crippen molar-refractivity contribution in [3.63, 3.8) is 0 Å². The number of nitrogens with zero attached hydrogens (tertiary/aromatic N) is 4. The number of benzene rings is 2. The van der Waals surface area contributed by atoms with Gasteiger partial charge in [-0.25, -0.2) is 19.0 Å². The van der Waals surface area contributed by atoms with Crippen molar-refractivity contribution in [1.82, 2.24) is 19.7 Å². The van der Waals surface area contributed by atoms with Crippen molar-refractivity contribution in [2.75, 3.05) is 19.5 Å². The monoisotopic (exact) mass is 499 g/mol. The molecule has 3 heterocycles. The highest BCUT2D eigenvalue weighted by atomic mass is 19.1. The maximum atomic E-state index is 13.0. The number of nitrogens with one attached hydrogen (secondary N) is 1. The highest BCUT2D eigenvalue weighted by Gasteiger charge is 2.13. The molecular weight excluding hydrogens is 477 g/mol. The molecular formula is C27H22FN5O4. The van der Waals surface area contributed by atoms with Crippen LogP contribution in [0.5, 0.6) is 23.1 Å². The molecule has 37 heavy (non-hydrogen) atoms. The normalized spacial score (nSPS) is 10.8. The van der Waals surface area contributed by atoms with E-state index in [4.69, 9.17) is 14.2 Å². The van der Waals surface area contributed by atoms with E-state index in [1.54, 1.807) is 43.3 Å². The van der Waals surface area contributed by atoms with E-state index in [0.717, 1.165) is 10.9 Å². The third-order valence-electron chi connectivity index (χ3n) is 5.58. The van der Waals surface area contributed by atoms with Gasteiger partial charge < -0.3 is 19.5 Å². The first kappa shape index (κ1) is 23.7. The van der Waals surface area contributed by atoms with Crippen molar-refractivity contribution in [1.29, 1.82) is 0 Å². The largest absolute Gasteiger partial charge is 0.497 e. The summed E-state index contributed by atoms with van der Waals surface area (Å²) < 4.78 is 31.1. The summed E-state index contributed by atoms with van der Waals surface area (Å²) in [6.45, 7) is 0.438. The lowest BCUT2D eigenvalue weighted by molar-refractivity contribution is 0.102. The van der Waals surface area contributed by atoms with Gasteiger partial charge in [0.25, 0.3) is 5.91 Å². The Hall–Kier alpha value is -4.99. The van der Waals surface area contributed by atoms with E-state index >= 15 is 0 Å². The predicted molar refractivity (Wildman–Crippen MR) is 135 cm³/mol. The van der Waals surface area contributed by atoms with E-state index in [9.17, 15) is 9.18 Å². The molecule has 1 amide bonds. The van der Waals surface area contributed by atoms with Gasteiger partial charge in [0.2, 0.25) is 5.88 Å². The zero-order valence-electron chi connectivity index (χ0n) is 20.0. The Balaban J connectivity index is 1.27. The fourth-order valence-electron chi connectivity index (χ4n) is 3.70. The van der Waals surface area contributed by atoms with Crippen LogP contribution in [0.15, 0.2) is 79.3 Å². The molecule has 0 bridgehead atoms. The van der Waals surface area contributed by atoms with E-state index in [1.807, 2.05) is 18.2 Å². The van der Waals surface area contributed by atoms with Crippen LogP contribution in [0, 0.1) is 5.82 Å². The van der Waals surface area contributed by atoms with Crippen molar-refractivity contribution in [3.8, 4) is 23.1 Å². The van der Waals surface area contributed by atoms with Crippen LogP contribution in [-0.2, 0) is 6.54 Å². The zero-order valence-corrected chi connectivity index (χ0v) is 20.0. The van der Waals surface area contributed by atoms with Gasteiger partial charge in [0, 0.05) is 29.3 Å². The maximum absolute atomic E-state index is 13.0. The first-order chi connectivity index (χ1) is 18.0. The topological polar surface area (TPSA) is 100 Å². The Labute approximate surface area is 211 Å². The van der Waals surface area contributed by atoms with Gasteiger partial charge in [-0.1, -0.05) is 0 Å². The second kappa shape index (κ2) is 10.3. The Kier molecular flexibility index (Phi) is 6.62. The number of hydrogen-bond donors (Lipinski definition) is 1. The van der Waals surface area contributed by atoms with Gasteiger partial charge in [-0.3, -0.25) is 4.79 Å². The van der Waals surface area contributed by atoms with Crippen LogP contribution in [0.4, 0.5) is 10.1 Å². The summed E-state index contributed by atoms with van der Waals surface area (Å²) in [5.41, 5.74) is 2.41. The first-order valence-electron chi connectivity index (χ1n) is 11.3. The zero-order chi connectivity index (χ0) is 25.8. The molecule has 0 spiro atoms. The molecule has 5 aromatic rings. The highest BCUT2D eigenvalue weighted by molar-refractivity contribution is 6.05. The fraction of sp³-hybridized carbons (Fsp3) is 0.111. The van der Waals surface area contributed by atoms with Crippen molar-refractivity contribution in [3.05, 3.63) is 96.2 Å². The number of anilines is 1. The molecule has 0 unspecified atom stereocenters. The number of aromatic nitrogens is 4. The fourth-order valence-corrected chi connectivity index (χ4v) is 3.70. The number of ether oxygens (including phenoxy) is 3. The molecule has 0 aliphatic heterocycles. The van der Waals surface area contributed by atoms with E-state index < -0.39 is 0 Å². The standard InChI is InChI=1S/C27H22FN5O4/c1-35-23-7-3-17(24(12-23)36-2)16-33-26-18(14-31-33)11-19(13-30-26)27(34)32-21-6-10-25(29-15-21)37-22-8-4-20(28)5-9-22/h3-15H,16H2,1-2H3,(H,32,34). The smallest absolute Gasteiger partial charge is 0.257 e. The van der Waals surface area contributed by atoms with Gasteiger partial charge >= 0.3 is 0 Å². The molecule has 3 aromatic heterocycles. The van der Waals surface area contributed by atoms with Gasteiger partial charge in [0.05, 0.1) is 44.4 Å². The molecule has 0 fully saturated rings.